The van der Waals surface area contributed by atoms with Crippen LogP contribution < -0.4 is 24.2 Å². The minimum absolute atomic E-state index is 0.0416. The standard InChI is InChI=1S/C24H24N2O6S/c1-2-30-19-9-11-20(12-10-19)33(28,29)26-21(14-17-6-4-3-5-7-17)24(27)25-18-8-13-22-23(15-18)32-16-31-22/h3-13,15,21,26H,2,14,16H2,1H3,(H,25,27). The summed E-state index contributed by atoms with van der Waals surface area (Å²) in [5, 5.41) is 2.77. The third-order valence-electron chi connectivity index (χ3n) is 4.98. The normalized spacial score (nSPS) is 13.4. The van der Waals surface area contributed by atoms with Gasteiger partial charge in [0.15, 0.2) is 11.5 Å². The van der Waals surface area contributed by atoms with Crippen molar-refractivity contribution in [2.75, 3.05) is 18.7 Å². The first kappa shape index (κ1) is 22.6. The van der Waals surface area contributed by atoms with Crippen LogP contribution in [0.25, 0.3) is 0 Å². The molecule has 0 fully saturated rings. The molecule has 33 heavy (non-hydrogen) atoms. The van der Waals surface area contributed by atoms with E-state index in [1.807, 2.05) is 37.3 Å². The maximum Gasteiger partial charge on any atom is 0.242 e. The van der Waals surface area contributed by atoms with E-state index in [9.17, 15) is 13.2 Å². The highest BCUT2D eigenvalue weighted by Gasteiger charge is 2.27. The van der Waals surface area contributed by atoms with Gasteiger partial charge in [0.2, 0.25) is 22.7 Å². The van der Waals surface area contributed by atoms with Gasteiger partial charge in [-0.3, -0.25) is 4.79 Å². The van der Waals surface area contributed by atoms with Gasteiger partial charge in [-0.05, 0) is 55.3 Å². The maximum absolute atomic E-state index is 13.1. The highest BCUT2D eigenvalue weighted by atomic mass is 32.2. The Morgan fingerprint density at radius 3 is 2.45 bits per heavy atom. The van der Waals surface area contributed by atoms with E-state index in [0.717, 1.165) is 5.56 Å². The zero-order valence-electron chi connectivity index (χ0n) is 18.0. The summed E-state index contributed by atoms with van der Waals surface area (Å²) in [6.07, 6.45) is 0.174. The molecule has 1 atom stereocenters. The molecule has 9 heteroatoms. The number of ether oxygens (including phenoxy) is 3. The quantitative estimate of drug-likeness (QED) is 0.499. The van der Waals surface area contributed by atoms with Crippen LogP contribution in [-0.4, -0.2) is 33.8 Å². The Morgan fingerprint density at radius 1 is 1.00 bits per heavy atom. The Kier molecular flexibility index (Phi) is 6.81. The zero-order chi connectivity index (χ0) is 23.3. The third kappa shape index (κ3) is 5.63. The number of sulfonamides is 1. The molecule has 0 radical (unpaired) electrons. The molecule has 2 N–H and O–H groups in total. The number of amides is 1. The molecule has 1 heterocycles. The fourth-order valence-corrected chi connectivity index (χ4v) is 4.57. The lowest BCUT2D eigenvalue weighted by atomic mass is 10.1. The van der Waals surface area contributed by atoms with Crippen LogP contribution in [0.5, 0.6) is 17.2 Å². The highest BCUT2D eigenvalue weighted by molar-refractivity contribution is 7.89. The second-order valence-corrected chi connectivity index (χ2v) is 9.04. The highest BCUT2D eigenvalue weighted by Crippen LogP contribution is 2.34. The molecule has 1 aliphatic rings. The molecule has 1 unspecified atom stereocenters. The van der Waals surface area contributed by atoms with Crippen molar-refractivity contribution in [2.24, 2.45) is 0 Å². The van der Waals surface area contributed by atoms with Gasteiger partial charge in [-0.25, -0.2) is 8.42 Å². The monoisotopic (exact) mass is 468 g/mol. The van der Waals surface area contributed by atoms with Crippen molar-refractivity contribution in [2.45, 2.75) is 24.3 Å². The van der Waals surface area contributed by atoms with E-state index in [0.29, 0.717) is 29.5 Å². The fraction of sp³-hybridized carbons (Fsp3) is 0.208. The number of fused-ring (bicyclic) bond motifs is 1. The van der Waals surface area contributed by atoms with Crippen molar-refractivity contribution in [3.63, 3.8) is 0 Å². The summed E-state index contributed by atoms with van der Waals surface area (Å²) in [6, 6.07) is 19.2. The van der Waals surface area contributed by atoms with Crippen molar-refractivity contribution >= 4 is 21.6 Å². The summed E-state index contributed by atoms with van der Waals surface area (Å²) < 4.78 is 44.6. The van der Waals surface area contributed by atoms with Crippen molar-refractivity contribution in [1.82, 2.24) is 4.72 Å². The minimum atomic E-state index is -3.97. The fourth-order valence-electron chi connectivity index (χ4n) is 3.38. The van der Waals surface area contributed by atoms with Crippen LogP contribution >= 0.6 is 0 Å². The molecule has 8 nitrogen and oxygen atoms in total. The predicted octanol–water partition coefficient (Wildman–Crippen LogP) is 3.34. The third-order valence-corrected chi connectivity index (χ3v) is 6.47. The first-order valence-corrected chi connectivity index (χ1v) is 11.9. The molecule has 0 saturated carbocycles. The Labute approximate surface area is 192 Å². The lowest BCUT2D eigenvalue weighted by Gasteiger charge is -2.19. The minimum Gasteiger partial charge on any atom is -0.494 e. The zero-order valence-corrected chi connectivity index (χ0v) is 18.8. The molecule has 0 bridgehead atoms. The smallest absolute Gasteiger partial charge is 0.242 e. The van der Waals surface area contributed by atoms with Gasteiger partial charge >= 0.3 is 0 Å². The van der Waals surface area contributed by atoms with E-state index in [2.05, 4.69) is 10.0 Å². The summed E-state index contributed by atoms with van der Waals surface area (Å²) in [5.41, 5.74) is 1.29. The molecular formula is C24H24N2O6S. The van der Waals surface area contributed by atoms with Crippen molar-refractivity contribution in [1.29, 1.82) is 0 Å². The van der Waals surface area contributed by atoms with Gasteiger partial charge in [-0.15, -0.1) is 0 Å². The first-order valence-electron chi connectivity index (χ1n) is 10.4. The summed E-state index contributed by atoms with van der Waals surface area (Å²) in [7, 11) is -3.97. The van der Waals surface area contributed by atoms with Gasteiger partial charge < -0.3 is 19.5 Å². The number of nitrogens with one attached hydrogen (secondary N) is 2. The SMILES string of the molecule is CCOc1ccc(S(=O)(=O)NC(Cc2ccccc2)C(=O)Nc2ccc3c(c2)OCO3)cc1. The number of carbonyl (C=O) groups excluding carboxylic acids is 1. The van der Waals surface area contributed by atoms with Gasteiger partial charge in [-0.1, -0.05) is 30.3 Å². The molecule has 1 amide bonds. The van der Waals surface area contributed by atoms with Crippen LogP contribution in [-0.2, 0) is 21.2 Å². The van der Waals surface area contributed by atoms with Gasteiger partial charge in [0.25, 0.3) is 0 Å². The molecule has 172 valence electrons. The van der Waals surface area contributed by atoms with E-state index in [1.165, 1.54) is 12.1 Å². The van der Waals surface area contributed by atoms with Crippen LogP contribution in [0.4, 0.5) is 5.69 Å². The summed E-state index contributed by atoms with van der Waals surface area (Å²) in [5.74, 6) is 1.18. The van der Waals surface area contributed by atoms with E-state index in [-0.39, 0.29) is 18.1 Å². The lowest BCUT2D eigenvalue weighted by molar-refractivity contribution is -0.117. The van der Waals surface area contributed by atoms with Gasteiger partial charge in [0.05, 0.1) is 11.5 Å². The summed E-state index contributed by atoms with van der Waals surface area (Å²) in [4.78, 5) is 13.2. The van der Waals surface area contributed by atoms with Crippen LogP contribution in [0.2, 0.25) is 0 Å². The second kappa shape index (κ2) is 9.93. The Morgan fingerprint density at radius 2 is 1.73 bits per heavy atom. The van der Waals surface area contributed by atoms with Gasteiger partial charge in [0, 0.05) is 11.8 Å². The second-order valence-electron chi connectivity index (χ2n) is 7.33. The van der Waals surface area contributed by atoms with E-state index in [4.69, 9.17) is 14.2 Å². The summed E-state index contributed by atoms with van der Waals surface area (Å²) >= 11 is 0. The number of carbonyl (C=O) groups is 1. The van der Waals surface area contributed by atoms with Crippen LogP contribution in [0, 0.1) is 0 Å². The lowest BCUT2D eigenvalue weighted by Crippen LogP contribution is -2.45. The van der Waals surface area contributed by atoms with Crippen molar-refractivity contribution in [3.8, 4) is 17.2 Å². The topological polar surface area (TPSA) is 103 Å². The molecule has 3 aromatic carbocycles. The van der Waals surface area contributed by atoms with Crippen molar-refractivity contribution < 1.29 is 27.4 Å². The number of rotatable bonds is 9. The van der Waals surface area contributed by atoms with Crippen molar-refractivity contribution in [3.05, 3.63) is 78.4 Å². The Balaban J connectivity index is 1.55. The number of benzene rings is 3. The molecule has 0 saturated heterocycles. The molecule has 1 aliphatic heterocycles. The molecule has 4 rings (SSSR count). The van der Waals surface area contributed by atoms with Gasteiger partial charge in [0.1, 0.15) is 11.8 Å². The van der Waals surface area contributed by atoms with E-state index < -0.39 is 22.0 Å². The molecule has 0 aliphatic carbocycles. The molecule has 0 aromatic heterocycles. The maximum atomic E-state index is 13.1. The Hall–Kier alpha value is -3.56. The molecule has 0 spiro atoms. The van der Waals surface area contributed by atoms with Gasteiger partial charge in [-0.2, -0.15) is 4.72 Å². The molecular weight excluding hydrogens is 444 g/mol. The van der Waals surface area contributed by atoms with Crippen LogP contribution in [0.15, 0.2) is 77.7 Å². The first-order chi connectivity index (χ1) is 15.9. The molecule has 3 aromatic rings. The number of hydrogen-bond donors (Lipinski definition) is 2. The Bertz CT molecular complexity index is 1210. The van der Waals surface area contributed by atoms with E-state index >= 15 is 0 Å². The predicted molar refractivity (Wildman–Crippen MR) is 123 cm³/mol. The van der Waals surface area contributed by atoms with Crippen LogP contribution in [0.1, 0.15) is 12.5 Å². The number of hydrogen-bond acceptors (Lipinski definition) is 6. The van der Waals surface area contributed by atoms with E-state index in [1.54, 1.807) is 30.3 Å². The number of anilines is 1. The largest absolute Gasteiger partial charge is 0.494 e. The van der Waals surface area contributed by atoms with Crippen LogP contribution in [0.3, 0.4) is 0 Å². The average molecular weight is 469 g/mol. The summed E-state index contributed by atoms with van der Waals surface area (Å²) in [6.45, 7) is 2.44. The average Bonchev–Trinajstić information content (AvgIpc) is 3.28.